The summed E-state index contributed by atoms with van der Waals surface area (Å²) in [7, 11) is -1.61. The van der Waals surface area contributed by atoms with Gasteiger partial charge in [-0.25, -0.2) is 0 Å². The maximum atomic E-state index is 14.4. The maximum absolute atomic E-state index is 14.4. The molecule has 0 bridgehead atoms. The van der Waals surface area contributed by atoms with Crippen molar-refractivity contribution in [3.63, 3.8) is 0 Å². The van der Waals surface area contributed by atoms with Gasteiger partial charge < -0.3 is 89.3 Å². The molecule has 0 spiro atoms. The Morgan fingerprint density at radius 3 is 1.60 bits per heavy atom. The molecule has 506 valence electrons. The lowest BCUT2D eigenvalue weighted by atomic mass is 9.98. The Bertz CT molecular complexity index is 2860. The molecule has 11 atom stereocenters. The first-order valence-corrected chi connectivity index (χ1v) is 30.8. The molecular formula is C56H84N12O22S. The van der Waals surface area contributed by atoms with Crippen molar-refractivity contribution in [2.75, 3.05) is 31.7 Å². The second-order valence-electron chi connectivity index (χ2n) is 22.1. The second kappa shape index (κ2) is 38.4. The van der Waals surface area contributed by atoms with E-state index in [1.54, 1.807) is 20.8 Å². The molecule has 35 heteroatoms. The van der Waals surface area contributed by atoms with Crippen molar-refractivity contribution in [1.82, 2.24) is 58.1 Å². The van der Waals surface area contributed by atoms with Crippen LogP contribution in [0.4, 0.5) is 0 Å². The van der Waals surface area contributed by atoms with Gasteiger partial charge in [0.2, 0.25) is 70.8 Å². The third kappa shape index (κ3) is 27.2. The fourth-order valence-electron chi connectivity index (χ4n) is 9.13. The van der Waals surface area contributed by atoms with Crippen LogP contribution in [0, 0.1) is 11.8 Å². The normalized spacial score (nSPS) is 16.0. The number of hydrogen-bond acceptors (Lipinski definition) is 19. The van der Waals surface area contributed by atoms with E-state index >= 15 is 0 Å². The lowest BCUT2D eigenvalue weighted by Gasteiger charge is -2.33. The molecule has 1 fully saturated rings. The van der Waals surface area contributed by atoms with Crippen molar-refractivity contribution in [3.8, 4) is 5.75 Å². The first kappa shape index (κ1) is 77.9. The van der Waals surface area contributed by atoms with Gasteiger partial charge in [0.25, 0.3) is 5.91 Å². The number of carboxylic acids is 3. The van der Waals surface area contributed by atoms with Gasteiger partial charge in [0, 0.05) is 55.5 Å². The quantitative estimate of drug-likeness (QED) is 0.0273. The Kier molecular flexibility index (Phi) is 32.9. The minimum absolute atomic E-state index is 0.00668. The summed E-state index contributed by atoms with van der Waals surface area (Å²) < 4.78 is 12.2. The molecule has 91 heavy (non-hydrogen) atoms. The lowest BCUT2D eigenvalue weighted by molar-refractivity contribution is -0.144. The number of phenolic OH excluding ortho intramolecular Hbond substituents is 1. The number of benzene rings is 1. The van der Waals surface area contributed by atoms with Gasteiger partial charge in [-0.1, -0.05) is 53.2 Å². The summed E-state index contributed by atoms with van der Waals surface area (Å²) >= 11 is 0. The number of nitrogens with two attached hydrogens (primary N) is 1. The molecule has 17 N–H and O–H groups in total. The molecule has 2 unspecified atom stereocenters. The molecule has 34 nitrogen and oxygen atoms in total. The number of nitrogens with zero attached hydrogens (tertiary/aromatic N) is 1. The van der Waals surface area contributed by atoms with Gasteiger partial charge in [-0.05, 0) is 68.1 Å². The zero-order chi connectivity index (χ0) is 69.0. The summed E-state index contributed by atoms with van der Waals surface area (Å²) in [5.41, 5.74) is 5.57. The predicted octanol–water partition coefficient (Wildman–Crippen LogP) is -5.44. The second-order valence-corrected chi connectivity index (χ2v) is 23.7. The van der Waals surface area contributed by atoms with E-state index in [1.807, 2.05) is 0 Å². The minimum Gasteiger partial charge on any atom is -0.508 e. The van der Waals surface area contributed by atoms with Crippen molar-refractivity contribution in [2.24, 2.45) is 17.6 Å². The molecule has 1 aliphatic heterocycles. The number of carbonyl (C=O) groups is 16. The molecule has 0 aromatic heterocycles. The van der Waals surface area contributed by atoms with Crippen molar-refractivity contribution in [3.05, 3.63) is 29.8 Å². The standard InChI is InChI=1S/C56H84N12O22S/c1-8-10-32(61-53(86)39-11-9-21-68(39)56(89)45(28(4)5)67-54(87)44(27(2)3)66-50(83)34(17-19-42(75)76)62-48(81)33(59-29(6)70)16-18-41(73)74)46(79)55(88)58-25-40(72)60-35(20-22-91(7)90)49(82)64-37(24-43(77)78)52(85)63-36(23-30-12-14-31(71)15-13-30)51(84)65-38(26-69)47(57)80/h12-15,27-28,32-39,44-45,69,71H,8-11,16-26H2,1-7H3,(H2,57,80)(H,58,88)(H,59,70)(H,60,72)(H,61,86)(H,62,81)(H,63,85)(H,64,82)(H,65,84)(H,66,83)(H,67,87)(H,73,74)(H,75,76)(H,77,78)/t32-,33-,34-,35+,36-,37-,38-,39?,44-,45-,91?/m0/s1. The number of nitrogens with one attached hydrogen (secondary N) is 10. The number of phenols is 1. The monoisotopic (exact) mass is 1310 g/mol. The Morgan fingerprint density at radius 2 is 1.10 bits per heavy atom. The number of primary amides is 1. The molecule has 1 aromatic carbocycles. The third-order valence-electron chi connectivity index (χ3n) is 14.0. The van der Waals surface area contributed by atoms with Crippen LogP contribution in [0.3, 0.4) is 0 Å². The van der Waals surface area contributed by atoms with Crippen molar-refractivity contribution in [2.45, 2.75) is 173 Å². The molecule has 1 saturated heterocycles. The highest BCUT2D eigenvalue weighted by molar-refractivity contribution is 7.84. The summed E-state index contributed by atoms with van der Waals surface area (Å²) in [6, 6.07) is -10.2. The first-order chi connectivity index (χ1) is 42.6. The number of hydrogen-bond donors (Lipinski definition) is 16. The van der Waals surface area contributed by atoms with Gasteiger partial charge >= 0.3 is 17.9 Å². The van der Waals surface area contributed by atoms with Gasteiger partial charge in [0.05, 0.1) is 25.6 Å². The van der Waals surface area contributed by atoms with E-state index in [1.165, 1.54) is 49.3 Å². The first-order valence-electron chi connectivity index (χ1n) is 29.1. The van der Waals surface area contributed by atoms with Crippen LogP contribution in [0.15, 0.2) is 24.3 Å². The lowest BCUT2D eigenvalue weighted by Crippen LogP contribution is -2.61. The zero-order valence-corrected chi connectivity index (χ0v) is 52.3. The van der Waals surface area contributed by atoms with Crippen molar-refractivity contribution >= 4 is 105 Å². The number of aromatic hydroxyl groups is 1. The number of rotatable bonds is 40. The van der Waals surface area contributed by atoms with Crippen molar-refractivity contribution in [1.29, 1.82) is 0 Å². The number of carboxylic acid groups (broad SMARTS) is 3. The maximum Gasteiger partial charge on any atom is 0.305 e. The molecule has 1 heterocycles. The van der Waals surface area contributed by atoms with Crippen LogP contribution >= 0.6 is 0 Å². The molecule has 12 amide bonds. The summed E-state index contributed by atoms with van der Waals surface area (Å²) in [4.78, 5) is 210. The average Bonchev–Trinajstić information content (AvgIpc) is 1.86. The van der Waals surface area contributed by atoms with Crippen LogP contribution in [0.2, 0.25) is 0 Å². The number of carbonyl (C=O) groups excluding carboxylic acids is 13. The molecule has 0 saturated carbocycles. The smallest absolute Gasteiger partial charge is 0.305 e. The average molecular weight is 1310 g/mol. The van der Waals surface area contributed by atoms with E-state index in [0.717, 1.165) is 6.92 Å². The largest absolute Gasteiger partial charge is 0.508 e. The number of aliphatic hydroxyl groups excluding tert-OH is 1. The van der Waals surface area contributed by atoms with Crippen LogP contribution in [-0.4, -0.2) is 221 Å². The predicted molar refractivity (Wildman–Crippen MR) is 318 cm³/mol. The Hall–Kier alpha value is -9.15. The number of likely N-dealkylation sites (tertiary alicyclic amines) is 1. The van der Waals surface area contributed by atoms with Crippen molar-refractivity contribution < 1.29 is 106 Å². The van der Waals surface area contributed by atoms with Crippen LogP contribution < -0.4 is 58.9 Å². The topological polar surface area (TPSA) is 541 Å². The summed E-state index contributed by atoms with van der Waals surface area (Å²) in [5.74, 6) is -19.7. The molecular weight excluding hydrogens is 1220 g/mol. The third-order valence-corrected chi connectivity index (χ3v) is 14.8. The van der Waals surface area contributed by atoms with E-state index < -0.39 is 223 Å². The van der Waals surface area contributed by atoms with Gasteiger partial charge in [0.1, 0.15) is 60.1 Å². The number of amides is 12. The zero-order valence-electron chi connectivity index (χ0n) is 51.5. The molecule has 2 rings (SSSR count). The number of aliphatic carboxylic acids is 3. The summed E-state index contributed by atoms with van der Waals surface area (Å²) in [6.07, 6.45) is -2.25. The van der Waals surface area contributed by atoms with E-state index in [-0.39, 0.29) is 56.6 Å². The number of ketones is 1. The SMILES string of the molecule is CCC[C@H](NC(=O)C1CCCN1C(=O)[C@@H](NC(=O)[C@@H](NC(=O)[C@H](CCC(=O)O)NC(=O)[C@H](CCC(=O)O)NC(C)=O)C(C)C)C(C)C)C(=O)C(=O)NCC(=O)N[C@H](CCS(C)=O)C(=O)N[C@@H](CC(=O)O)C(=O)N[C@@H](Cc1ccc(O)cc1)C(=O)N[C@@H](CO)C(N)=O. The number of aliphatic hydroxyl groups is 1. The highest BCUT2D eigenvalue weighted by Crippen LogP contribution is 2.22. The van der Waals surface area contributed by atoms with Gasteiger partial charge in [0.15, 0.2) is 0 Å². The Morgan fingerprint density at radius 1 is 0.604 bits per heavy atom. The molecule has 1 aliphatic rings. The van der Waals surface area contributed by atoms with Crippen LogP contribution in [0.25, 0.3) is 0 Å². The fraction of sp³-hybridized carbons (Fsp3) is 0.607. The van der Waals surface area contributed by atoms with Crippen LogP contribution in [0.5, 0.6) is 5.75 Å². The molecule has 1 aromatic rings. The van der Waals surface area contributed by atoms with E-state index in [2.05, 4.69) is 53.2 Å². The Balaban J connectivity index is 2.27. The van der Waals surface area contributed by atoms with Gasteiger partial charge in [-0.2, -0.15) is 0 Å². The van der Waals surface area contributed by atoms with Gasteiger partial charge in [-0.15, -0.1) is 0 Å². The minimum atomic E-state index is -1.97. The highest BCUT2D eigenvalue weighted by atomic mass is 32.2. The fourth-order valence-corrected chi connectivity index (χ4v) is 9.70. The summed E-state index contributed by atoms with van der Waals surface area (Å²) in [6.45, 7) is 6.99. The highest BCUT2D eigenvalue weighted by Gasteiger charge is 2.42. The number of Topliss-reactive ketones (excluding diaryl/α,β-unsaturated/α-hetero) is 1. The van der Waals surface area contributed by atoms with Crippen LogP contribution in [-0.2, 0) is 93.9 Å². The van der Waals surface area contributed by atoms with E-state index in [0.29, 0.717) is 5.56 Å². The van der Waals surface area contributed by atoms with Gasteiger partial charge in [-0.3, -0.25) is 80.9 Å². The van der Waals surface area contributed by atoms with Crippen LogP contribution in [0.1, 0.15) is 111 Å². The summed E-state index contributed by atoms with van der Waals surface area (Å²) in [5, 5.41) is 70.7. The molecule has 0 radical (unpaired) electrons. The Labute approximate surface area is 525 Å². The van der Waals surface area contributed by atoms with E-state index in [9.17, 15) is 101 Å². The van der Waals surface area contributed by atoms with E-state index in [4.69, 9.17) is 10.8 Å². The molecule has 0 aliphatic carbocycles.